The van der Waals surface area contributed by atoms with E-state index in [-0.39, 0.29) is 23.8 Å². The lowest BCUT2D eigenvalue weighted by atomic mass is 10.2. The van der Waals surface area contributed by atoms with Gasteiger partial charge >= 0.3 is 0 Å². The largest absolute Gasteiger partial charge is 0.389 e. The van der Waals surface area contributed by atoms with Gasteiger partial charge in [-0.25, -0.2) is 13.1 Å². The van der Waals surface area contributed by atoms with Crippen LogP contribution >= 0.6 is 12.2 Å². The molecule has 0 atom stereocenters. The number of hydrogen-bond donors (Lipinski definition) is 3. The first-order chi connectivity index (χ1) is 8.79. The molecule has 1 amide bonds. The Bertz CT molecular complexity index is 569. The zero-order valence-corrected chi connectivity index (χ0v) is 11.8. The smallest absolute Gasteiger partial charge is 0.269 e. The molecule has 0 aliphatic heterocycles. The third kappa shape index (κ3) is 5.73. The fourth-order valence-electron chi connectivity index (χ4n) is 1.18. The van der Waals surface area contributed by atoms with Crippen molar-refractivity contribution in [1.29, 1.82) is 0 Å². The second-order valence-electron chi connectivity index (χ2n) is 3.72. The van der Waals surface area contributed by atoms with Gasteiger partial charge in [0.15, 0.2) is 0 Å². The van der Waals surface area contributed by atoms with E-state index in [2.05, 4.69) is 15.0 Å². The van der Waals surface area contributed by atoms with Crippen molar-refractivity contribution in [2.45, 2.75) is 0 Å². The number of thiocarbonyl (C=S) groups is 1. The van der Waals surface area contributed by atoms with Gasteiger partial charge in [0.25, 0.3) is 5.91 Å². The lowest BCUT2D eigenvalue weighted by Gasteiger charge is -2.05. The van der Waals surface area contributed by atoms with Gasteiger partial charge in [0, 0.05) is 24.8 Å². The normalized spacial score (nSPS) is 11.0. The Morgan fingerprint density at radius 3 is 2.58 bits per heavy atom. The van der Waals surface area contributed by atoms with Crippen LogP contribution < -0.4 is 15.8 Å². The van der Waals surface area contributed by atoms with E-state index in [4.69, 9.17) is 18.0 Å². The summed E-state index contributed by atoms with van der Waals surface area (Å²) in [6.45, 7) is 0.292. The number of carbonyl (C=O) groups is 1. The first-order valence-electron chi connectivity index (χ1n) is 5.28. The third-order valence-electron chi connectivity index (χ3n) is 2.06. The fraction of sp³-hybridized carbons (Fsp3) is 0.300. The molecule has 9 heteroatoms. The van der Waals surface area contributed by atoms with Crippen LogP contribution in [0, 0.1) is 0 Å². The molecule has 0 bridgehead atoms. The number of carbonyl (C=O) groups excluding carboxylic acids is 1. The molecule has 0 unspecified atom stereocenters. The summed E-state index contributed by atoms with van der Waals surface area (Å²) >= 11 is 4.76. The molecule has 0 aliphatic rings. The average Bonchev–Trinajstić information content (AvgIpc) is 2.33. The third-order valence-corrected chi connectivity index (χ3v) is 3.02. The van der Waals surface area contributed by atoms with Gasteiger partial charge in [-0.05, 0) is 12.1 Å². The number of amides is 1. The Morgan fingerprint density at radius 2 is 2.11 bits per heavy atom. The molecule has 0 aromatic carbocycles. The van der Waals surface area contributed by atoms with Gasteiger partial charge in [-0.2, -0.15) is 0 Å². The number of nitrogens with two attached hydrogens (primary N) is 1. The summed E-state index contributed by atoms with van der Waals surface area (Å²) in [4.78, 5) is 15.7. The van der Waals surface area contributed by atoms with Crippen molar-refractivity contribution in [2.24, 2.45) is 5.73 Å². The quantitative estimate of drug-likeness (QED) is 0.458. The second-order valence-corrected chi connectivity index (χ2v) is 5.99. The van der Waals surface area contributed by atoms with E-state index >= 15 is 0 Å². The molecule has 0 radical (unpaired) electrons. The summed E-state index contributed by atoms with van der Waals surface area (Å²) in [5.41, 5.74) is 6.19. The summed E-state index contributed by atoms with van der Waals surface area (Å²) < 4.78 is 23.8. The SMILES string of the molecule is CS(=O)(=O)NCCNC(=O)c1ccc(C(N)=S)cn1. The van der Waals surface area contributed by atoms with Gasteiger partial charge < -0.3 is 11.1 Å². The summed E-state index contributed by atoms with van der Waals surface area (Å²) in [6, 6.07) is 3.09. The van der Waals surface area contributed by atoms with E-state index in [1.54, 1.807) is 6.07 Å². The minimum absolute atomic E-state index is 0.121. The molecule has 1 aromatic rings. The van der Waals surface area contributed by atoms with Gasteiger partial charge in [0.2, 0.25) is 10.0 Å². The van der Waals surface area contributed by atoms with E-state index in [9.17, 15) is 13.2 Å². The van der Waals surface area contributed by atoms with Gasteiger partial charge in [-0.15, -0.1) is 0 Å². The van der Waals surface area contributed by atoms with Crippen LogP contribution in [0.2, 0.25) is 0 Å². The highest BCUT2D eigenvalue weighted by atomic mass is 32.2. The number of nitrogens with one attached hydrogen (secondary N) is 2. The van der Waals surface area contributed by atoms with E-state index in [1.807, 2.05) is 0 Å². The monoisotopic (exact) mass is 302 g/mol. The maximum absolute atomic E-state index is 11.6. The molecule has 7 nitrogen and oxygen atoms in total. The highest BCUT2D eigenvalue weighted by Gasteiger charge is 2.07. The maximum atomic E-state index is 11.6. The van der Waals surface area contributed by atoms with E-state index < -0.39 is 15.9 Å². The summed E-state index contributed by atoms with van der Waals surface area (Å²) in [7, 11) is -3.25. The molecule has 104 valence electrons. The minimum Gasteiger partial charge on any atom is -0.389 e. The lowest BCUT2D eigenvalue weighted by molar-refractivity contribution is 0.0949. The molecule has 0 saturated carbocycles. The first-order valence-corrected chi connectivity index (χ1v) is 7.58. The Kier molecular flexibility index (Phi) is 5.33. The van der Waals surface area contributed by atoms with Crippen molar-refractivity contribution in [2.75, 3.05) is 19.3 Å². The molecule has 0 aliphatic carbocycles. The maximum Gasteiger partial charge on any atom is 0.269 e. The highest BCUT2D eigenvalue weighted by Crippen LogP contribution is 2.00. The van der Waals surface area contributed by atoms with Crippen molar-refractivity contribution in [3.63, 3.8) is 0 Å². The standard InChI is InChI=1S/C10H14N4O3S2/c1-19(16,17)14-5-4-12-10(15)8-3-2-7(6-13-8)9(11)18/h2-3,6,14H,4-5H2,1H3,(H2,11,18)(H,12,15). The van der Waals surface area contributed by atoms with E-state index in [1.165, 1.54) is 12.3 Å². The molecule has 4 N–H and O–H groups in total. The zero-order valence-electron chi connectivity index (χ0n) is 10.2. The Hall–Kier alpha value is -1.58. The van der Waals surface area contributed by atoms with Crippen LogP contribution in [0.5, 0.6) is 0 Å². The second kappa shape index (κ2) is 6.55. The van der Waals surface area contributed by atoms with Crippen LogP contribution in [-0.2, 0) is 10.0 Å². The van der Waals surface area contributed by atoms with Crippen LogP contribution in [0.15, 0.2) is 18.3 Å². The van der Waals surface area contributed by atoms with Crippen LogP contribution in [0.1, 0.15) is 16.1 Å². The Morgan fingerprint density at radius 1 is 1.42 bits per heavy atom. The summed E-state index contributed by atoms with van der Waals surface area (Å²) in [6.07, 6.45) is 2.46. The van der Waals surface area contributed by atoms with Crippen LogP contribution in [0.4, 0.5) is 0 Å². The molecule has 1 aromatic heterocycles. The lowest BCUT2D eigenvalue weighted by Crippen LogP contribution is -2.34. The molecule has 1 heterocycles. The van der Waals surface area contributed by atoms with Crippen LogP contribution in [-0.4, -0.2) is 43.6 Å². The van der Waals surface area contributed by atoms with Gasteiger partial charge in [0.1, 0.15) is 10.7 Å². The van der Waals surface area contributed by atoms with Crippen molar-refractivity contribution in [3.8, 4) is 0 Å². The van der Waals surface area contributed by atoms with E-state index in [0.717, 1.165) is 6.26 Å². The number of nitrogens with zero attached hydrogens (tertiary/aromatic N) is 1. The zero-order chi connectivity index (χ0) is 14.5. The van der Waals surface area contributed by atoms with Crippen LogP contribution in [0.3, 0.4) is 0 Å². The van der Waals surface area contributed by atoms with Crippen LogP contribution in [0.25, 0.3) is 0 Å². The molecule has 0 spiro atoms. The van der Waals surface area contributed by atoms with Crippen molar-refractivity contribution < 1.29 is 13.2 Å². The molecule has 0 saturated heterocycles. The molecule has 1 rings (SSSR count). The summed E-state index contributed by atoms with van der Waals surface area (Å²) in [5, 5.41) is 2.53. The van der Waals surface area contributed by atoms with Gasteiger partial charge in [0.05, 0.1) is 6.26 Å². The fourth-order valence-corrected chi connectivity index (χ4v) is 1.77. The van der Waals surface area contributed by atoms with Crippen molar-refractivity contribution in [3.05, 3.63) is 29.6 Å². The molecular weight excluding hydrogens is 288 g/mol. The predicted octanol–water partition coefficient (Wildman–Crippen LogP) is -1.01. The van der Waals surface area contributed by atoms with E-state index in [0.29, 0.717) is 5.56 Å². The minimum atomic E-state index is -3.25. The summed E-state index contributed by atoms with van der Waals surface area (Å²) in [5.74, 6) is -0.398. The van der Waals surface area contributed by atoms with Gasteiger partial charge in [-0.3, -0.25) is 9.78 Å². The molecule has 19 heavy (non-hydrogen) atoms. The number of sulfonamides is 1. The Labute approximate surface area is 116 Å². The average molecular weight is 302 g/mol. The number of hydrogen-bond acceptors (Lipinski definition) is 5. The molecular formula is C10H14N4O3S2. The predicted molar refractivity (Wildman–Crippen MR) is 75.3 cm³/mol. The Balaban J connectivity index is 2.48. The van der Waals surface area contributed by atoms with Crippen molar-refractivity contribution >= 4 is 33.1 Å². The van der Waals surface area contributed by atoms with Crippen molar-refractivity contribution in [1.82, 2.24) is 15.0 Å². The molecule has 0 fully saturated rings. The first kappa shape index (κ1) is 15.5. The number of aromatic nitrogens is 1. The van der Waals surface area contributed by atoms with Gasteiger partial charge in [-0.1, -0.05) is 12.2 Å². The number of rotatable bonds is 6. The highest BCUT2D eigenvalue weighted by molar-refractivity contribution is 7.88. The number of pyridine rings is 1. The topological polar surface area (TPSA) is 114 Å².